The Labute approximate surface area is 140 Å². The minimum Gasteiger partial charge on any atom is -0.482 e. The molecule has 0 fully saturated rings. The zero-order valence-corrected chi connectivity index (χ0v) is 13.5. The first-order chi connectivity index (χ1) is 11.1. The van der Waals surface area contributed by atoms with Crippen LogP contribution in [0.4, 0.5) is 0 Å². The van der Waals surface area contributed by atoms with Crippen molar-refractivity contribution in [2.45, 2.75) is 19.4 Å². The van der Waals surface area contributed by atoms with E-state index >= 15 is 0 Å². The molecule has 0 aromatic heterocycles. The molecular weight excluding hydrogens is 312 g/mol. The summed E-state index contributed by atoms with van der Waals surface area (Å²) >= 11 is 5.88. The van der Waals surface area contributed by atoms with Crippen LogP contribution in [0.2, 0.25) is 5.02 Å². The maximum absolute atomic E-state index is 12.1. The molecule has 0 saturated carbocycles. The van der Waals surface area contributed by atoms with Gasteiger partial charge in [0.15, 0.2) is 6.61 Å². The van der Waals surface area contributed by atoms with Crippen LogP contribution in [0.1, 0.15) is 30.5 Å². The number of hydrogen-bond donors (Lipinski definition) is 1. The molecule has 1 unspecified atom stereocenters. The van der Waals surface area contributed by atoms with Crippen molar-refractivity contribution in [1.82, 2.24) is 5.32 Å². The number of carbonyl (C=O) groups is 1. The lowest BCUT2D eigenvalue weighted by atomic mass is 10.0. The van der Waals surface area contributed by atoms with E-state index in [0.717, 1.165) is 12.0 Å². The first kappa shape index (κ1) is 16.9. The summed E-state index contributed by atoms with van der Waals surface area (Å²) in [6.45, 7) is 1.86. The topological polar surface area (TPSA) is 62.1 Å². The van der Waals surface area contributed by atoms with Gasteiger partial charge in [-0.15, -0.1) is 0 Å². The first-order valence-corrected chi connectivity index (χ1v) is 7.68. The van der Waals surface area contributed by atoms with Crippen molar-refractivity contribution in [3.63, 3.8) is 0 Å². The monoisotopic (exact) mass is 328 g/mol. The van der Waals surface area contributed by atoms with Crippen LogP contribution < -0.4 is 10.1 Å². The number of amides is 1. The Morgan fingerprint density at radius 2 is 1.96 bits per heavy atom. The number of nitrogens with one attached hydrogen (secondary N) is 1. The Bertz CT molecular complexity index is 708. The Kier molecular flexibility index (Phi) is 6.02. The Morgan fingerprint density at radius 3 is 2.61 bits per heavy atom. The molecule has 0 heterocycles. The minimum atomic E-state index is -0.237. The number of rotatable bonds is 6. The maximum Gasteiger partial charge on any atom is 0.258 e. The van der Waals surface area contributed by atoms with Crippen molar-refractivity contribution in [3.8, 4) is 11.8 Å². The lowest BCUT2D eigenvalue weighted by molar-refractivity contribution is -0.123. The van der Waals surface area contributed by atoms with Crippen molar-refractivity contribution in [2.24, 2.45) is 0 Å². The van der Waals surface area contributed by atoms with E-state index < -0.39 is 0 Å². The Morgan fingerprint density at radius 1 is 1.26 bits per heavy atom. The summed E-state index contributed by atoms with van der Waals surface area (Å²) in [5, 5.41) is 12.6. The SMILES string of the molecule is CCC(NC(=O)COc1ccccc1C#N)c1ccc(Cl)cc1. The first-order valence-electron chi connectivity index (χ1n) is 7.30. The molecule has 1 atom stereocenters. The third-order valence-electron chi connectivity index (χ3n) is 3.38. The molecule has 0 aliphatic heterocycles. The quantitative estimate of drug-likeness (QED) is 0.875. The zero-order chi connectivity index (χ0) is 16.7. The van der Waals surface area contributed by atoms with Gasteiger partial charge in [0.2, 0.25) is 0 Å². The van der Waals surface area contributed by atoms with Crippen molar-refractivity contribution in [1.29, 1.82) is 5.26 Å². The minimum absolute atomic E-state index is 0.102. The third kappa shape index (κ3) is 4.73. The average molecular weight is 329 g/mol. The van der Waals surface area contributed by atoms with Crippen LogP contribution in [-0.2, 0) is 4.79 Å². The third-order valence-corrected chi connectivity index (χ3v) is 3.63. The van der Waals surface area contributed by atoms with Gasteiger partial charge in [-0.3, -0.25) is 4.79 Å². The van der Waals surface area contributed by atoms with Gasteiger partial charge in [-0.2, -0.15) is 5.26 Å². The van der Waals surface area contributed by atoms with E-state index in [0.29, 0.717) is 16.3 Å². The number of nitrogens with zero attached hydrogens (tertiary/aromatic N) is 1. The molecular formula is C18H17ClN2O2. The highest BCUT2D eigenvalue weighted by atomic mass is 35.5. The summed E-state index contributed by atoms with van der Waals surface area (Å²) < 4.78 is 5.43. The van der Waals surface area contributed by atoms with E-state index in [9.17, 15) is 4.79 Å². The zero-order valence-electron chi connectivity index (χ0n) is 12.8. The second-order valence-corrected chi connectivity index (χ2v) is 5.41. The standard InChI is InChI=1S/C18H17ClN2O2/c1-2-16(13-7-9-15(19)10-8-13)21-18(22)12-23-17-6-4-3-5-14(17)11-20/h3-10,16H,2,12H2,1H3,(H,21,22). The highest BCUT2D eigenvalue weighted by molar-refractivity contribution is 6.30. The van der Waals surface area contributed by atoms with Crippen molar-refractivity contribution in [2.75, 3.05) is 6.61 Å². The van der Waals surface area contributed by atoms with E-state index in [-0.39, 0.29) is 18.6 Å². The summed E-state index contributed by atoms with van der Waals surface area (Å²) in [4.78, 5) is 12.1. The number of hydrogen-bond acceptors (Lipinski definition) is 3. The van der Waals surface area contributed by atoms with Crippen LogP contribution in [0.3, 0.4) is 0 Å². The summed E-state index contributed by atoms with van der Waals surface area (Å²) in [6, 6.07) is 16.1. The molecule has 0 bridgehead atoms. The number of carbonyl (C=O) groups excluding carboxylic acids is 1. The number of halogens is 1. The molecule has 1 N–H and O–H groups in total. The van der Waals surface area contributed by atoms with E-state index in [1.807, 2.05) is 25.1 Å². The molecule has 2 rings (SSSR count). The van der Waals surface area contributed by atoms with Gasteiger partial charge < -0.3 is 10.1 Å². The molecule has 0 aliphatic rings. The lowest BCUT2D eigenvalue weighted by Crippen LogP contribution is -2.32. The predicted octanol–water partition coefficient (Wildman–Crippen LogP) is 3.86. The van der Waals surface area contributed by atoms with Crippen molar-refractivity contribution < 1.29 is 9.53 Å². The lowest BCUT2D eigenvalue weighted by Gasteiger charge is -2.18. The predicted molar refractivity (Wildman–Crippen MR) is 89.3 cm³/mol. The van der Waals surface area contributed by atoms with E-state index in [2.05, 4.69) is 5.32 Å². The second kappa shape index (κ2) is 8.21. The normalized spacial score (nSPS) is 11.3. The van der Waals surface area contributed by atoms with Gasteiger partial charge >= 0.3 is 0 Å². The molecule has 4 nitrogen and oxygen atoms in total. The maximum atomic E-state index is 12.1. The number of ether oxygens (including phenoxy) is 1. The van der Waals surface area contributed by atoms with Gasteiger partial charge in [0.25, 0.3) is 5.91 Å². The highest BCUT2D eigenvalue weighted by Crippen LogP contribution is 2.19. The average Bonchev–Trinajstić information content (AvgIpc) is 2.59. The highest BCUT2D eigenvalue weighted by Gasteiger charge is 2.13. The fourth-order valence-electron chi connectivity index (χ4n) is 2.18. The number of benzene rings is 2. The van der Waals surface area contributed by atoms with Crippen LogP contribution in [0, 0.1) is 11.3 Å². The summed E-state index contributed by atoms with van der Waals surface area (Å²) in [7, 11) is 0. The summed E-state index contributed by atoms with van der Waals surface area (Å²) in [5.74, 6) is 0.171. The van der Waals surface area contributed by atoms with Crippen LogP contribution in [-0.4, -0.2) is 12.5 Å². The van der Waals surface area contributed by atoms with Gasteiger partial charge in [0.05, 0.1) is 11.6 Å². The molecule has 118 valence electrons. The van der Waals surface area contributed by atoms with Gasteiger partial charge in [-0.1, -0.05) is 42.8 Å². The van der Waals surface area contributed by atoms with Crippen LogP contribution in [0.15, 0.2) is 48.5 Å². The second-order valence-electron chi connectivity index (χ2n) is 4.98. The van der Waals surface area contributed by atoms with Crippen LogP contribution in [0.25, 0.3) is 0 Å². The van der Waals surface area contributed by atoms with Crippen LogP contribution in [0.5, 0.6) is 5.75 Å². The molecule has 0 spiro atoms. The molecule has 2 aromatic rings. The van der Waals surface area contributed by atoms with Gasteiger partial charge in [0.1, 0.15) is 11.8 Å². The molecule has 0 radical (unpaired) electrons. The molecule has 2 aromatic carbocycles. The summed E-state index contributed by atoms with van der Waals surface area (Å²) in [5.41, 5.74) is 1.40. The van der Waals surface area contributed by atoms with Crippen molar-refractivity contribution in [3.05, 3.63) is 64.7 Å². The molecule has 0 saturated heterocycles. The fraction of sp³-hybridized carbons (Fsp3) is 0.222. The summed E-state index contributed by atoms with van der Waals surface area (Å²) in [6.07, 6.45) is 0.752. The van der Waals surface area contributed by atoms with Crippen molar-refractivity contribution >= 4 is 17.5 Å². The van der Waals surface area contributed by atoms with E-state index in [1.54, 1.807) is 36.4 Å². The fourth-order valence-corrected chi connectivity index (χ4v) is 2.31. The van der Waals surface area contributed by atoms with Crippen LogP contribution >= 0.6 is 11.6 Å². The molecule has 1 amide bonds. The molecule has 5 heteroatoms. The van der Waals surface area contributed by atoms with E-state index in [4.69, 9.17) is 21.6 Å². The van der Waals surface area contributed by atoms with Gasteiger partial charge in [0, 0.05) is 5.02 Å². The smallest absolute Gasteiger partial charge is 0.258 e. The molecule has 23 heavy (non-hydrogen) atoms. The number of nitriles is 1. The largest absolute Gasteiger partial charge is 0.482 e. The van der Waals surface area contributed by atoms with E-state index in [1.165, 1.54) is 0 Å². The Hall–Kier alpha value is -2.51. The molecule has 0 aliphatic carbocycles. The Balaban J connectivity index is 1.95. The van der Waals surface area contributed by atoms with Gasteiger partial charge in [-0.05, 0) is 36.2 Å². The van der Waals surface area contributed by atoms with Gasteiger partial charge in [-0.25, -0.2) is 0 Å². The number of para-hydroxylation sites is 1.